The molecular weight excluding hydrogens is 468 g/mol. The standard InChI is InChI=1S/C28H30N6O3/c35-27(36)15-26(21-16-29-28(30-17-21)33-11-3-12-33)34-25-9-8-23(14-20(25)18-31-34)37-13-10-22-7-6-19-4-1-2-5-24(19)32-22/h6-9,14,16-18,26H,1-5,10-13,15H2,(H,35,36). The summed E-state index contributed by atoms with van der Waals surface area (Å²) in [6.07, 6.45) is 11.6. The molecule has 0 radical (unpaired) electrons. The van der Waals surface area contributed by atoms with E-state index >= 15 is 0 Å². The third-order valence-electron chi connectivity index (χ3n) is 7.27. The molecule has 37 heavy (non-hydrogen) atoms. The Hall–Kier alpha value is -4.01. The van der Waals surface area contributed by atoms with Gasteiger partial charge in [-0.1, -0.05) is 6.07 Å². The molecule has 1 unspecified atom stereocenters. The highest BCUT2D eigenvalue weighted by atomic mass is 16.5. The number of carbonyl (C=O) groups is 1. The monoisotopic (exact) mass is 498 g/mol. The van der Waals surface area contributed by atoms with E-state index in [1.54, 1.807) is 23.3 Å². The van der Waals surface area contributed by atoms with E-state index in [-0.39, 0.29) is 6.42 Å². The zero-order valence-electron chi connectivity index (χ0n) is 20.7. The van der Waals surface area contributed by atoms with Crippen molar-refractivity contribution >= 4 is 22.8 Å². The van der Waals surface area contributed by atoms with Crippen LogP contribution in [0.15, 0.2) is 48.9 Å². The minimum absolute atomic E-state index is 0.116. The Morgan fingerprint density at radius 2 is 1.86 bits per heavy atom. The number of benzene rings is 1. The van der Waals surface area contributed by atoms with Gasteiger partial charge in [-0.25, -0.2) is 9.97 Å². The Bertz CT molecular complexity index is 1410. The molecule has 0 amide bonds. The summed E-state index contributed by atoms with van der Waals surface area (Å²) in [4.78, 5) is 27.6. The molecule has 9 heteroatoms. The van der Waals surface area contributed by atoms with Gasteiger partial charge in [-0.3, -0.25) is 14.5 Å². The van der Waals surface area contributed by atoms with Crippen molar-refractivity contribution in [3.63, 3.8) is 0 Å². The highest BCUT2D eigenvalue weighted by molar-refractivity contribution is 5.81. The van der Waals surface area contributed by atoms with E-state index in [1.165, 1.54) is 24.1 Å². The number of anilines is 1. The minimum atomic E-state index is -0.906. The Morgan fingerprint density at radius 3 is 2.65 bits per heavy atom. The van der Waals surface area contributed by atoms with Crippen molar-refractivity contribution in [2.45, 2.75) is 51.0 Å². The van der Waals surface area contributed by atoms with Crippen molar-refractivity contribution in [3.8, 4) is 5.75 Å². The van der Waals surface area contributed by atoms with Gasteiger partial charge < -0.3 is 14.7 Å². The van der Waals surface area contributed by atoms with E-state index in [9.17, 15) is 9.90 Å². The van der Waals surface area contributed by atoms with Crippen LogP contribution < -0.4 is 9.64 Å². The van der Waals surface area contributed by atoms with Crippen molar-refractivity contribution in [1.29, 1.82) is 0 Å². The molecule has 190 valence electrons. The van der Waals surface area contributed by atoms with Gasteiger partial charge in [-0.05, 0) is 61.9 Å². The maximum absolute atomic E-state index is 11.7. The van der Waals surface area contributed by atoms with Crippen molar-refractivity contribution in [2.75, 3.05) is 24.6 Å². The van der Waals surface area contributed by atoms with Crippen LogP contribution in [-0.2, 0) is 24.1 Å². The lowest BCUT2D eigenvalue weighted by Crippen LogP contribution is -2.38. The number of ether oxygens (including phenoxy) is 1. The summed E-state index contributed by atoms with van der Waals surface area (Å²) in [5, 5.41) is 15.0. The van der Waals surface area contributed by atoms with Gasteiger partial charge in [-0.2, -0.15) is 5.10 Å². The second kappa shape index (κ2) is 10.2. The number of aliphatic carboxylic acids is 1. The normalized spacial score (nSPS) is 15.7. The van der Waals surface area contributed by atoms with Crippen LogP contribution in [0.1, 0.15) is 54.2 Å². The first kappa shape index (κ1) is 23.4. The van der Waals surface area contributed by atoms with Crippen LogP contribution in [0.2, 0.25) is 0 Å². The molecule has 1 atom stereocenters. The smallest absolute Gasteiger partial charge is 0.305 e. The summed E-state index contributed by atoms with van der Waals surface area (Å²) in [5.74, 6) is 0.528. The number of rotatable bonds is 9. The summed E-state index contributed by atoms with van der Waals surface area (Å²) < 4.78 is 7.78. The lowest BCUT2D eigenvalue weighted by atomic mass is 9.96. The van der Waals surface area contributed by atoms with Crippen LogP contribution in [0.25, 0.3) is 10.9 Å². The summed E-state index contributed by atoms with van der Waals surface area (Å²) in [7, 11) is 0. The fourth-order valence-electron chi connectivity index (χ4n) is 5.10. The van der Waals surface area contributed by atoms with E-state index in [4.69, 9.17) is 9.72 Å². The molecule has 1 fully saturated rings. The number of fused-ring (bicyclic) bond motifs is 2. The third kappa shape index (κ3) is 4.98. The molecule has 0 spiro atoms. The molecule has 9 nitrogen and oxygen atoms in total. The highest BCUT2D eigenvalue weighted by Gasteiger charge is 2.23. The number of aryl methyl sites for hydroxylation is 2. The first-order valence-corrected chi connectivity index (χ1v) is 13.0. The summed E-state index contributed by atoms with van der Waals surface area (Å²) >= 11 is 0. The molecule has 1 aliphatic heterocycles. The minimum Gasteiger partial charge on any atom is -0.493 e. The lowest BCUT2D eigenvalue weighted by molar-refractivity contribution is -0.137. The fourth-order valence-corrected chi connectivity index (χ4v) is 5.10. The Labute approximate surface area is 215 Å². The number of carboxylic acid groups (broad SMARTS) is 1. The molecule has 0 bridgehead atoms. The average Bonchev–Trinajstić information content (AvgIpc) is 3.30. The molecule has 2 aliphatic rings. The number of nitrogens with zero attached hydrogens (tertiary/aromatic N) is 6. The molecule has 4 heterocycles. The van der Waals surface area contributed by atoms with Gasteiger partial charge in [0.1, 0.15) is 5.75 Å². The van der Waals surface area contributed by atoms with Gasteiger partial charge in [0.05, 0.1) is 30.8 Å². The van der Waals surface area contributed by atoms with Crippen LogP contribution in [0.3, 0.4) is 0 Å². The number of carboxylic acids is 1. The largest absolute Gasteiger partial charge is 0.493 e. The van der Waals surface area contributed by atoms with Crippen LogP contribution in [0, 0.1) is 0 Å². The molecule has 6 rings (SSSR count). The van der Waals surface area contributed by atoms with E-state index in [2.05, 4.69) is 32.1 Å². The van der Waals surface area contributed by atoms with E-state index < -0.39 is 12.0 Å². The predicted molar refractivity (Wildman–Crippen MR) is 139 cm³/mol. The summed E-state index contributed by atoms with van der Waals surface area (Å²) in [5.41, 5.74) is 5.25. The molecular formula is C28H30N6O3. The van der Waals surface area contributed by atoms with Crippen LogP contribution in [0.5, 0.6) is 5.75 Å². The van der Waals surface area contributed by atoms with Crippen molar-refractivity contribution in [1.82, 2.24) is 24.7 Å². The van der Waals surface area contributed by atoms with Gasteiger partial charge in [0.25, 0.3) is 0 Å². The second-order valence-corrected chi connectivity index (χ2v) is 9.79. The Balaban J connectivity index is 1.16. The molecule has 1 saturated heterocycles. The Morgan fingerprint density at radius 1 is 1.03 bits per heavy atom. The first-order valence-electron chi connectivity index (χ1n) is 13.0. The number of pyridine rings is 1. The van der Waals surface area contributed by atoms with Crippen molar-refractivity contribution in [2.24, 2.45) is 0 Å². The number of hydrogen-bond donors (Lipinski definition) is 1. The van der Waals surface area contributed by atoms with Crippen molar-refractivity contribution < 1.29 is 14.6 Å². The van der Waals surface area contributed by atoms with Crippen LogP contribution >= 0.6 is 0 Å². The summed E-state index contributed by atoms with van der Waals surface area (Å²) in [6, 6.07) is 9.60. The maximum atomic E-state index is 11.7. The lowest BCUT2D eigenvalue weighted by Gasteiger charge is -2.30. The zero-order valence-corrected chi connectivity index (χ0v) is 20.7. The molecule has 4 aromatic rings. The van der Waals surface area contributed by atoms with Crippen LogP contribution in [-0.4, -0.2) is 55.5 Å². The maximum Gasteiger partial charge on any atom is 0.305 e. The van der Waals surface area contributed by atoms with Crippen LogP contribution in [0.4, 0.5) is 5.95 Å². The summed E-state index contributed by atoms with van der Waals surface area (Å²) in [6.45, 7) is 2.44. The molecule has 0 saturated carbocycles. The number of hydrogen-bond acceptors (Lipinski definition) is 7. The molecule has 1 aromatic carbocycles. The SMILES string of the molecule is O=C(O)CC(c1cnc(N2CCC2)nc1)n1ncc2cc(OCCc3ccc4c(n3)CCCC4)ccc21. The topological polar surface area (TPSA) is 106 Å². The molecule has 1 N–H and O–H groups in total. The van der Waals surface area contributed by atoms with Gasteiger partial charge >= 0.3 is 5.97 Å². The van der Waals surface area contributed by atoms with E-state index in [0.29, 0.717) is 12.6 Å². The first-order chi connectivity index (χ1) is 18.1. The van der Waals surface area contributed by atoms with E-state index in [1.807, 2.05) is 18.2 Å². The van der Waals surface area contributed by atoms with Crippen molar-refractivity contribution in [3.05, 3.63) is 71.4 Å². The highest BCUT2D eigenvalue weighted by Crippen LogP contribution is 2.29. The fraction of sp³-hybridized carbons (Fsp3) is 0.393. The van der Waals surface area contributed by atoms with Gasteiger partial charge in [0.2, 0.25) is 5.95 Å². The zero-order chi connectivity index (χ0) is 25.2. The average molecular weight is 499 g/mol. The molecule has 1 aliphatic carbocycles. The van der Waals surface area contributed by atoms with Gasteiger partial charge in [-0.15, -0.1) is 0 Å². The van der Waals surface area contributed by atoms with E-state index in [0.717, 1.165) is 66.7 Å². The van der Waals surface area contributed by atoms with Gasteiger partial charge in [0, 0.05) is 54.2 Å². The predicted octanol–water partition coefficient (Wildman–Crippen LogP) is 4.00. The quantitative estimate of drug-likeness (QED) is 0.369. The number of aromatic nitrogens is 5. The second-order valence-electron chi connectivity index (χ2n) is 9.79. The third-order valence-corrected chi connectivity index (χ3v) is 7.27. The molecule has 3 aromatic heterocycles. The van der Waals surface area contributed by atoms with Gasteiger partial charge in [0.15, 0.2) is 0 Å². The Kier molecular flexibility index (Phi) is 6.42.